The van der Waals surface area contributed by atoms with Crippen molar-refractivity contribution in [2.24, 2.45) is 5.92 Å². The Bertz CT molecular complexity index is 255. The molecule has 0 heterocycles. The van der Waals surface area contributed by atoms with Crippen LogP contribution < -0.4 is 5.32 Å². The summed E-state index contributed by atoms with van der Waals surface area (Å²) < 4.78 is 22.2. The van der Waals surface area contributed by atoms with Crippen LogP contribution in [0.4, 0.5) is 0 Å². The van der Waals surface area contributed by atoms with E-state index in [1.54, 1.807) is 13.8 Å². The molecular weight excluding hydrogens is 227 g/mol. The molecule has 0 aliphatic carbocycles. The monoisotopic (exact) mass is 248 g/mol. The van der Waals surface area contributed by atoms with Crippen molar-refractivity contribution >= 4 is 7.60 Å². The summed E-state index contributed by atoms with van der Waals surface area (Å²) in [5.41, 5.74) is 0. The van der Waals surface area contributed by atoms with E-state index in [9.17, 15) is 4.57 Å². The molecule has 1 atom stereocenters. The van der Waals surface area contributed by atoms with Crippen LogP contribution in [0.25, 0.3) is 0 Å². The lowest BCUT2D eigenvalue weighted by Crippen LogP contribution is -2.24. The average Bonchev–Trinajstić information content (AvgIpc) is 2.25. The molecule has 0 saturated heterocycles. The second kappa shape index (κ2) is 8.72. The Balaban J connectivity index is 3.86. The molecule has 1 N–H and O–H groups in total. The maximum atomic E-state index is 12.0. The topological polar surface area (TPSA) is 71.3 Å². The quantitative estimate of drug-likeness (QED) is 0.499. The molecule has 0 bridgehead atoms. The van der Waals surface area contributed by atoms with Crippen LogP contribution in [-0.4, -0.2) is 32.5 Å². The molecule has 0 radical (unpaired) electrons. The minimum atomic E-state index is -2.93. The third-order valence-corrected chi connectivity index (χ3v) is 3.96. The fourth-order valence-electron chi connectivity index (χ4n) is 1.14. The number of nitrogens with zero attached hydrogens (tertiary/aromatic N) is 1. The van der Waals surface area contributed by atoms with Gasteiger partial charge in [-0.25, -0.2) is 0 Å². The highest BCUT2D eigenvalue weighted by Gasteiger charge is 2.22. The molecule has 0 aliphatic heterocycles. The number of nitrogens with one attached hydrogen (secondary N) is 1. The smallest absolute Gasteiger partial charge is 0.315 e. The number of hydrogen-bond donors (Lipinski definition) is 1. The Kier molecular flexibility index (Phi) is 8.50. The average molecular weight is 248 g/mol. The molecule has 0 aromatic carbocycles. The zero-order chi connectivity index (χ0) is 12.4. The molecule has 0 aromatic heterocycles. The van der Waals surface area contributed by atoms with Crippen molar-refractivity contribution in [3.63, 3.8) is 0 Å². The van der Waals surface area contributed by atoms with Gasteiger partial charge in [-0.3, -0.25) is 4.57 Å². The first-order valence-corrected chi connectivity index (χ1v) is 7.29. The van der Waals surface area contributed by atoms with E-state index in [4.69, 9.17) is 14.3 Å². The van der Waals surface area contributed by atoms with E-state index in [0.29, 0.717) is 32.5 Å². The first-order valence-electron chi connectivity index (χ1n) is 5.56. The summed E-state index contributed by atoms with van der Waals surface area (Å²) in [5.74, 6) is -0.0430. The molecule has 0 rings (SSSR count). The fourth-order valence-corrected chi connectivity index (χ4v) is 2.69. The van der Waals surface area contributed by atoms with Gasteiger partial charge < -0.3 is 14.4 Å². The summed E-state index contributed by atoms with van der Waals surface area (Å²) >= 11 is 0. The molecular formula is C10H21N2O3P. The van der Waals surface area contributed by atoms with E-state index >= 15 is 0 Å². The van der Waals surface area contributed by atoms with Gasteiger partial charge in [-0.05, 0) is 20.8 Å². The van der Waals surface area contributed by atoms with Gasteiger partial charge in [0.1, 0.15) is 0 Å². The standard InChI is InChI=1S/C10H21N2O3P/c1-4-14-16(13,15-5-2)7-6-12-9-10(3)8-11/h10,12H,4-7,9H2,1-3H3. The van der Waals surface area contributed by atoms with Crippen molar-refractivity contribution in [3.05, 3.63) is 0 Å². The van der Waals surface area contributed by atoms with Crippen LogP contribution in [0.5, 0.6) is 0 Å². The van der Waals surface area contributed by atoms with Crippen LogP contribution >= 0.6 is 7.60 Å². The zero-order valence-electron chi connectivity index (χ0n) is 10.2. The molecule has 6 heteroatoms. The SMILES string of the molecule is CCOP(=O)(CCNCC(C)C#N)OCC. The van der Waals surface area contributed by atoms with Gasteiger partial charge >= 0.3 is 7.60 Å². The van der Waals surface area contributed by atoms with Gasteiger partial charge in [0.25, 0.3) is 0 Å². The van der Waals surface area contributed by atoms with Crippen LogP contribution in [0.3, 0.4) is 0 Å². The maximum absolute atomic E-state index is 12.0. The van der Waals surface area contributed by atoms with Gasteiger partial charge in [0.05, 0.1) is 31.4 Å². The van der Waals surface area contributed by atoms with E-state index in [2.05, 4.69) is 11.4 Å². The highest BCUT2D eigenvalue weighted by Crippen LogP contribution is 2.47. The summed E-state index contributed by atoms with van der Waals surface area (Å²) in [7, 11) is -2.93. The third-order valence-electron chi connectivity index (χ3n) is 1.88. The van der Waals surface area contributed by atoms with Gasteiger partial charge in [0.2, 0.25) is 0 Å². The second-order valence-electron chi connectivity index (χ2n) is 3.40. The molecule has 0 aromatic rings. The van der Waals surface area contributed by atoms with Gasteiger partial charge in [-0.2, -0.15) is 5.26 Å². The van der Waals surface area contributed by atoms with E-state index in [1.165, 1.54) is 0 Å². The maximum Gasteiger partial charge on any atom is 0.331 e. The van der Waals surface area contributed by atoms with Gasteiger partial charge in [-0.1, -0.05) is 0 Å². The number of hydrogen-bond acceptors (Lipinski definition) is 5. The Morgan fingerprint density at radius 2 is 1.94 bits per heavy atom. The highest BCUT2D eigenvalue weighted by molar-refractivity contribution is 7.53. The number of rotatable bonds is 9. The van der Waals surface area contributed by atoms with Gasteiger partial charge in [0.15, 0.2) is 0 Å². The normalized spacial score (nSPS) is 13.4. The predicted octanol–water partition coefficient (Wildman–Crippen LogP) is 2.00. The Hall–Kier alpha value is -0.400. The Morgan fingerprint density at radius 3 is 2.38 bits per heavy atom. The second-order valence-corrected chi connectivity index (χ2v) is 5.59. The van der Waals surface area contributed by atoms with Crippen molar-refractivity contribution in [2.45, 2.75) is 20.8 Å². The molecule has 5 nitrogen and oxygen atoms in total. The molecule has 1 unspecified atom stereocenters. The van der Waals surface area contributed by atoms with Crippen LogP contribution in [-0.2, 0) is 13.6 Å². The summed E-state index contributed by atoms with van der Waals surface area (Å²) in [6.07, 6.45) is 0.340. The van der Waals surface area contributed by atoms with E-state index in [-0.39, 0.29) is 5.92 Å². The molecule has 0 saturated carbocycles. The zero-order valence-corrected chi connectivity index (χ0v) is 11.1. The Morgan fingerprint density at radius 1 is 1.38 bits per heavy atom. The molecule has 0 aliphatic rings. The molecule has 0 amide bonds. The summed E-state index contributed by atoms with van der Waals surface area (Å²) in [6, 6.07) is 2.12. The van der Waals surface area contributed by atoms with Gasteiger partial charge in [-0.15, -0.1) is 0 Å². The van der Waals surface area contributed by atoms with Crippen molar-refractivity contribution in [1.29, 1.82) is 5.26 Å². The first kappa shape index (κ1) is 15.6. The minimum Gasteiger partial charge on any atom is -0.315 e. The van der Waals surface area contributed by atoms with Crippen LogP contribution in [0, 0.1) is 17.2 Å². The van der Waals surface area contributed by atoms with Crippen LogP contribution in [0.15, 0.2) is 0 Å². The molecule has 16 heavy (non-hydrogen) atoms. The summed E-state index contributed by atoms with van der Waals surface area (Å²) in [4.78, 5) is 0. The lowest BCUT2D eigenvalue weighted by Gasteiger charge is -2.17. The Labute approximate surface area is 97.7 Å². The van der Waals surface area contributed by atoms with Crippen molar-refractivity contribution < 1.29 is 13.6 Å². The predicted molar refractivity (Wildman–Crippen MR) is 63.4 cm³/mol. The lowest BCUT2D eigenvalue weighted by atomic mass is 10.2. The third kappa shape index (κ3) is 6.97. The fraction of sp³-hybridized carbons (Fsp3) is 0.900. The first-order chi connectivity index (χ1) is 7.58. The summed E-state index contributed by atoms with van der Waals surface area (Å²) in [5, 5.41) is 11.6. The summed E-state index contributed by atoms with van der Waals surface area (Å²) in [6.45, 7) is 7.29. The van der Waals surface area contributed by atoms with Gasteiger partial charge in [0, 0.05) is 13.1 Å². The molecule has 94 valence electrons. The molecule has 0 fully saturated rings. The van der Waals surface area contributed by atoms with E-state index in [0.717, 1.165) is 0 Å². The van der Waals surface area contributed by atoms with Crippen molar-refractivity contribution in [3.8, 4) is 6.07 Å². The minimum absolute atomic E-state index is 0.0430. The largest absolute Gasteiger partial charge is 0.331 e. The van der Waals surface area contributed by atoms with E-state index < -0.39 is 7.60 Å². The lowest BCUT2D eigenvalue weighted by molar-refractivity contribution is 0.220. The van der Waals surface area contributed by atoms with Crippen molar-refractivity contribution in [2.75, 3.05) is 32.5 Å². The number of nitriles is 1. The van der Waals surface area contributed by atoms with E-state index in [1.807, 2.05) is 6.92 Å². The highest BCUT2D eigenvalue weighted by atomic mass is 31.2. The molecule has 0 spiro atoms. The van der Waals surface area contributed by atoms with Crippen LogP contribution in [0.1, 0.15) is 20.8 Å². The van der Waals surface area contributed by atoms with Crippen LogP contribution in [0.2, 0.25) is 0 Å². The van der Waals surface area contributed by atoms with Crippen molar-refractivity contribution in [1.82, 2.24) is 5.32 Å².